The lowest BCUT2D eigenvalue weighted by molar-refractivity contribution is -0.137. The zero-order valence-electron chi connectivity index (χ0n) is 31.9. The normalized spacial score (nSPS) is 20.7. The van der Waals surface area contributed by atoms with Gasteiger partial charge in [-0.25, -0.2) is 19.6 Å². The van der Waals surface area contributed by atoms with Crippen molar-refractivity contribution < 1.29 is 38.1 Å². The predicted octanol–water partition coefficient (Wildman–Crippen LogP) is 6.21. The molecule has 16 nitrogen and oxygen atoms in total. The maximum Gasteiger partial charge on any atom is 0.407 e. The summed E-state index contributed by atoms with van der Waals surface area (Å²) in [5.41, 5.74) is 3.25. The van der Waals surface area contributed by atoms with E-state index in [2.05, 4.69) is 20.6 Å². The molecule has 4 atom stereocenters. The van der Waals surface area contributed by atoms with E-state index in [1.807, 2.05) is 46.2 Å². The number of aromatic amines is 2. The Hall–Kier alpha value is -6.06. The van der Waals surface area contributed by atoms with Crippen LogP contribution in [0.1, 0.15) is 75.1 Å². The molecule has 1 unspecified atom stereocenters. The van der Waals surface area contributed by atoms with Crippen molar-refractivity contribution in [2.45, 2.75) is 69.5 Å². The summed E-state index contributed by atoms with van der Waals surface area (Å²) in [6.45, 7) is 1.49. The standard InChI is InChI=1S/C41H46N8O8/c1-54-40(52)44-19-26(22-7-8-22)38(50)48-15-3-5-29(48)36-42-20-27(45-36)24-11-13-31-33(17-24)57-34-18-25(12-14-32(34)56-31)28-21-43-37(46-28)30-6-4-16-49(30)39(51)35(23-9-10-23)47-41(53)55-2/h11-14,17-18,20-23,26,29-30,35H,3-10,15-16,19H2,1-2H3,(H,42,45)(H,43,46)(H,44,52)(H,47,53)/t26?,29-,30-,35-/m0/s1. The maximum atomic E-state index is 13.8. The lowest BCUT2D eigenvalue weighted by atomic mass is 10.0. The van der Waals surface area contributed by atoms with E-state index in [1.54, 1.807) is 12.4 Å². The number of likely N-dealkylation sites (tertiary alicyclic amines) is 2. The maximum absolute atomic E-state index is 13.8. The molecule has 3 aliphatic heterocycles. The first-order chi connectivity index (χ1) is 27.8. The van der Waals surface area contributed by atoms with Gasteiger partial charge in [-0.15, -0.1) is 0 Å². The van der Waals surface area contributed by atoms with Crippen LogP contribution < -0.4 is 20.1 Å². The molecular formula is C41H46N8O8. The number of hydrogen-bond acceptors (Lipinski definition) is 10. The van der Waals surface area contributed by atoms with E-state index in [0.29, 0.717) is 41.9 Å². The highest BCUT2D eigenvalue weighted by atomic mass is 16.6. The topological polar surface area (TPSA) is 193 Å². The number of H-pyrrole nitrogens is 2. The summed E-state index contributed by atoms with van der Waals surface area (Å²) in [7, 11) is 2.62. The van der Waals surface area contributed by atoms with E-state index in [-0.39, 0.29) is 48.2 Å². The van der Waals surface area contributed by atoms with Gasteiger partial charge in [-0.1, -0.05) is 0 Å². The molecule has 9 rings (SSSR count). The van der Waals surface area contributed by atoms with Crippen molar-refractivity contribution in [3.63, 3.8) is 0 Å². The average Bonchev–Trinajstić information content (AvgIpc) is 3.94. The molecule has 16 heteroatoms. The van der Waals surface area contributed by atoms with Crippen molar-refractivity contribution in [1.29, 1.82) is 0 Å². The smallest absolute Gasteiger partial charge is 0.407 e. The second-order valence-corrected chi connectivity index (χ2v) is 15.5. The van der Waals surface area contributed by atoms with Gasteiger partial charge in [0.15, 0.2) is 23.0 Å². The minimum atomic E-state index is -0.605. The summed E-state index contributed by atoms with van der Waals surface area (Å²) >= 11 is 0. The third kappa shape index (κ3) is 7.35. The monoisotopic (exact) mass is 778 g/mol. The highest BCUT2D eigenvalue weighted by Gasteiger charge is 2.44. The van der Waals surface area contributed by atoms with Gasteiger partial charge in [-0.3, -0.25) is 9.59 Å². The number of amides is 4. The number of hydrogen-bond donors (Lipinski definition) is 4. The van der Waals surface area contributed by atoms with Crippen molar-refractivity contribution >= 4 is 24.0 Å². The van der Waals surface area contributed by atoms with Crippen molar-refractivity contribution in [3.8, 4) is 45.5 Å². The fraction of sp³-hybridized carbons (Fsp3) is 0.463. The lowest BCUT2D eigenvalue weighted by Crippen LogP contribution is -2.49. The van der Waals surface area contributed by atoms with Gasteiger partial charge < -0.3 is 49.3 Å². The SMILES string of the molecule is COC(=O)NCC(C(=O)N1CCC[C@H]1c1ncc(-c2ccc3c(c2)Oc2cc(-c4cnc([C@@H]5CCCN5C(=O)[C@@H](NC(=O)OC)C5CC5)[nH]4)ccc2O3)[nH]1)C1CC1. The number of aromatic nitrogens is 4. The summed E-state index contributed by atoms with van der Waals surface area (Å²) in [4.78, 5) is 71.3. The Morgan fingerprint density at radius 1 is 0.719 bits per heavy atom. The molecule has 2 aliphatic carbocycles. The Kier molecular flexibility index (Phi) is 9.70. The van der Waals surface area contributed by atoms with Crippen LogP contribution in [0.2, 0.25) is 0 Å². The number of carbonyl (C=O) groups excluding carboxylic acids is 4. The molecular weight excluding hydrogens is 732 g/mol. The first kappa shape index (κ1) is 36.6. The Labute approximate surface area is 329 Å². The van der Waals surface area contributed by atoms with E-state index in [9.17, 15) is 19.2 Å². The summed E-state index contributed by atoms with van der Waals surface area (Å²) in [5, 5.41) is 5.48. The molecule has 5 aliphatic rings. The predicted molar refractivity (Wildman–Crippen MR) is 204 cm³/mol. The first-order valence-electron chi connectivity index (χ1n) is 19.8. The molecule has 2 aromatic carbocycles. The molecule has 4 N–H and O–H groups in total. The van der Waals surface area contributed by atoms with Gasteiger partial charge in [0, 0.05) is 30.8 Å². The van der Waals surface area contributed by atoms with Crippen LogP contribution in [0.25, 0.3) is 22.5 Å². The molecule has 57 heavy (non-hydrogen) atoms. The zero-order chi connectivity index (χ0) is 39.2. The highest BCUT2D eigenvalue weighted by Crippen LogP contribution is 2.48. The Morgan fingerprint density at radius 2 is 1.25 bits per heavy atom. The molecule has 4 amide bonds. The minimum absolute atomic E-state index is 0.0423. The minimum Gasteiger partial charge on any atom is -0.453 e. The van der Waals surface area contributed by atoms with E-state index >= 15 is 0 Å². The van der Waals surface area contributed by atoms with Crippen LogP contribution >= 0.6 is 0 Å². The Morgan fingerprint density at radius 3 is 1.77 bits per heavy atom. The molecule has 2 aromatic heterocycles. The highest BCUT2D eigenvalue weighted by molar-refractivity contribution is 5.87. The van der Waals surface area contributed by atoms with Crippen molar-refractivity contribution in [2.24, 2.45) is 17.8 Å². The van der Waals surface area contributed by atoms with Gasteiger partial charge in [0.25, 0.3) is 0 Å². The molecule has 5 heterocycles. The number of fused-ring (bicyclic) bond motifs is 2. The third-order valence-corrected chi connectivity index (χ3v) is 11.8. The number of nitrogens with one attached hydrogen (secondary N) is 4. The van der Waals surface area contributed by atoms with Gasteiger partial charge in [0.2, 0.25) is 11.8 Å². The summed E-state index contributed by atoms with van der Waals surface area (Å²) in [5.74, 6) is 3.71. The molecule has 0 spiro atoms. The van der Waals surface area contributed by atoms with E-state index < -0.39 is 18.2 Å². The molecule has 0 bridgehead atoms. The number of imidazole rings is 2. The summed E-state index contributed by atoms with van der Waals surface area (Å²) in [6, 6.07) is 10.4. The molecule has 4 fully saturated rings. The van der Waals surface area contributed by atoms with Gasteiger partial charge >= 0.3 is 12.2 Å². The van der Waals surface area contributed by atoms with E-state index in [0.717, 1.165) is 79.7 Å². The fourth-order valence-electron chi connectivity index (χ4n) is 8.46. The second kappa shape index (κ2) is 15.1. The number of benzene rings is 2. The van der Waals surface area contributed by atoms with Crippen molar-refractivity contribution in [3.05, 3.63) is 60.4 Å². The number of alkyl carbamates (subject to hydrolysis) is 2. The van der Waals surface area contributed by atoms with Crippen LogP contribution in [-0.2, 0) is 19.1 Å². The average molecular weight is 779 g/mol. The molecule has 0 radical (unpaired) electrons. The molecule has 4 aromatic rings. The Balaban J connectivity index is 0.883. The largest absolute Gasteiger partial charge is 0.453 e. The number of nitrogens with zero attached hydrogens (tertiary/aromatic N) is 4. The second-order valence-electron chi connectivity index (χ2n) is 15.5. The summed E-state index contributed by atoms with van der Waals surface area (Å²) in [6.07, 6.45) is 9.43. The quantitative estimate of drug-likeness (QED) is 0.120. The van der Waals surface area contributed by atoms with Crippen molar-refractivity contribution in [1.82, 2.24) is 40.4 Å². The van der Waals surface area contributed by atoms with Crippen LogP contribution in [0.3, 0.4) is 0 Å². The molecule has 2 saturated heterocycles. The van der Waals surface area contributed by atoms with E-state index in [1.165, 1.54) is 14.2 Å². The Bertz CT molecular complexity index is 2190. The third-order valence-electron chi connectivity index (χ3n) is 11.8. The van der Waals surface area contributed by atoms with Crippen LogP contribution in [0.4, 0.5) is 9.59 Å². The van der Waals surface area contributed by atoms with Crippen LogP contribution in [-0.4, -0.2) is 93.6 Å². The van der Waals surface area contributed by atoms with Gasteiger partial charge in [-0.2, -0.15) is 0 Å². The molecule has 2 saturated carbocycles. The van der Waals surface area contributed by atoms with Gasteiger partial charge in [-0.05, 0) is 99.6 Å². The summed E-state index contributed by atoms with van der Waals surface area (Å²) < 4.78 is 22.2. The number of ether oxygens (including phenoxy) is 4. The van der Waals surface area contributed by atoms with Crippen molar-refractivity contribution in [2.75, 3.05) is 33.9 Å². The van der Waals surface area contributed by atoms with Crippen LogP contribution in [0.15, 0.2) is 48.8 Å². The van der Waals surface area contributed by atoms with Crippen LogP contribution in [0.5, 0.6) is 23.0 Å². The fourth-order valence-corrected chi connectivity index (χ4v) is 8.46. The zero-order valence-corrected chi connectivity index (χ0v) is 31.9. The number of methoxy groups -OCH3 is 2. The molecule has 298 valence electrons. The van der Waals surface area contributed by atoms with Crippen LogP contribution in [0, 0.1) is 17.8 Å². The van der Waals surface area contributed by atoms with Gasteiger partial charge in [0.05, 0.1) is 56.0 Å². The van der Waals surface area contributed by atoms with Gasteiger partial charge in [0.1, 0.15) is 17.7 Å². The first-order valence-corrected chi connectivity index (χ1v) is 19.8. The number of carbonyl (C=O) groups is 4. The number of rotatable bonds is 11. The van der Waals surface area contributed by atoms with E-state index in [4.69, 9.17) is 28.9 Å². The lowest BCUT2D eigenvalue weighted by Gasteiger charge is -2.28.